The number of aromatic nitrogens is 2. The Morgan fingerprint density at radius 1 is 1.17 bits per heavy atom. The van der Waals surface area contributed by atoms with Crippen molar-refractivity contribution in [2.75, 3.05) is 24.8 Å². The highest BCUT2D eigenvalue weighted by molar-refractivity contribution is 7.53. The van der Waals surface area contributed by atoms with Gasteiger partial charge < -0.3 is 24.2 Å². The first kappa shape index (κ1) is 23.7. The molecule has 29 heavy (non-hydrogen) atoms. The normalized spacial score (nSPS) is 11.7. The second-order valence-corrected chi connectivity index (χ2v) is 9.10. The lowest BCUT2D eigenvalue weighted by Crippen LogP contribution is -2.08. The molecule has 160 valence electrons. The molecule has 2 rings (SSSR count). The summed E-state index contributed by atoms with van der Waals surface area (Å²) >= 11 is 12.6. The van der Waals surface area contributed by atoms with Gasteiger partial charge in [-0.2, -0.15) is 9.97 Å². The van der Waals surface area contributed by atoms with Crippen molar-refractivity contribution in [1.29, 1.82) is 0 Å². The number of nitrogens with one attached hydrogen (secondary N) is 1. The second kappa shape index (κ2) is 10.5. The fourth-order valence-electron chi connectivity index (χ4n) is 2.41. The van der Waals surface area contributed by atoms with Gasteiger partial charge in [-0.25, -0.2) is 0 Å². The molecule has 2 N–H and O–H groups in total. The summed E-state index contributed by atoms with van der Waals surface area (Å²) in [6.45, 7) is 7.77. The fraction of sp³-hybridized carbons (Fsp3) is 0.444. The Bertz CT molecular complexity index is 865. The van der Waals surface area contributed by atoms with Crippen LogP contribution in [-0.4, -0.2) is 34.6 Å². The van der Waals surface area contributed by atoms with Crippen LogP contribution in [0.4, 0.5) is 5.69 Å². The number of ether oxygens (including phenoxy) is 1. The molecule has 0 aliphatic rings. The monoisotopic (exact) mass is 463 g/mol. The Labute approximate surface area is 180 Å². The van der Waals surface area contributed by atoms with Gasteiger partial charge in [0.05, 0.1) is 35.1 Å². The molecule has 8 nitrogen and oxygen atoms in total. The van der Waals surface area contributed by atoms with Gasteiger partial charge in [-0.15, -0.1) is 0 Å². The van der Waals surface area contributed by atoms with Crippen molar-refractivity contribution in [2.45, 2.75) is 33.6 Å². The molecule has 0 aliphatic carbocycles. The maximum absolute atomic E-state index is 12.5. The largest absolute Gasteiger partial charge is 0.504 e. The Hall–Kier alpha value is -1.57. The molecule has 0 fully saturated rings. The van der Waals surface area contributed by atoms with Gasteiger partial charge in [-0.1, -0.05) is 37.0 Å². The van der Waals surface area contributed by atoms with Gasteiger partial charge in [0.1, 0.15) is 6.29 Å². The van der Waals surface area contributed by atoms with E-state index < -0.39 is 7.60 Å². The van der Waals surface area contributed by atoms with Gasteiger partial charge in [0.25, 0.3) is 0 Å². The van der Waals surface area contributed by atoms with Gasteiger partial charge in [-0.3, -0.25) is 4.57 Å². The van der Waals surface area contributed by atoms with Crippen molar-refractivity contribution in [3.63, 3.8) is 0 Å². The Morgan fingerprint density at radius 2 is 1.76 bits per heavy atom. The maximum Gasteiger partial charge on any atom is 0.349 e. The number of nitrogens with zero attached hydrogens (tertiary/aromatic N) is 2. The van der Waals surface area contributed by atoms with Crippen LogP contribution in [0.2, 0.25) is 10.0 Å². The van der Waals surface area contributed by atoms with Crippen LogP contribution in [0.1, 0.15) is 39.3 Å². The third-order valence-corrected chi connectivity index (χ3v) is 6.05. The molecule has 11 heteroatoms. The number of benzene rings is 1. The van der Waals surface area contributed by atoms with Crippen LogP contribution in [-0.2, 0) is 13.6 Å². The van der Waals surface area contributed by atoms with E-state index in [-0.39, 0.29) is 53.0 Å². The average molecular weight is 464 g/mol. The number of halogens is 2. The van der Waals surface area contributed by atoms with Crippen LogP contribution in [0, 0.1) is 0 Å². The molecule has 0 saturated heterocycles. The molecule has 0 atom stereocenters. The van der Waals surface area contributed by atoms with Gasteiger partial charge in [0, 0.05) is 5.69 Å². The molecular weight excluding hydrogens is 440 g/mol. The summed E-state index contributed by atoms with van der Waals surface area (Å²) < 4.78 is 28.7. The van der Waals surface area contributed by atoms with E-state index in [1.807, 2.05) is 13.8 Å². The maximum atomic E-state index is 12.5. The predicted octanol–water partition coefficient (Wildman–Crippen LogP) is 6.04. The van der Waals surface area contributed by atoms with Gasteiger partial charge in [0.2, 0.25) is 0 Å². The van der Waals surface area contributed by atoms with Crippen LogP contribution in [0.15, 0.2) is 18.3 Å². The molecule has 0 spiro atoms. The fourth-order valence-corrected chi connectivity index (χ4v) is 4.39. The summed E-state index contributed by atoms with van der Waals surface area (Å²) in [7, 11) is -3.27. The topological polar surface area (TPSA) is 103 Å². The van der Waals surface area contributed by atoms with Crippen molar-refractivity contribution in [2.24, 2.45) is 0 Å². The first-order valence-corrected chi connectivity index (χ1v) is 11.5. The zero-order chi connectivity index (χ0) is 21.6. The zero-order valence-electron chi connectivity index (χ0n) is 16.6. The number of aromatic hydroxyl groups is 1. The lowest BCUT2D eigenvalue weighted by atomic mass is 10.1. The van der Waals surface area contributed by atoms with Crippen molar-refractivity contribution in [3.05, 3.63) is 34.1 Å². The van der Waals surface area contributed by atoms with Crippen molar-refractivity contribution in [3.8, 4) is 17.5 Å². The molecule has 1 aromatic carbocycles. The van der Waals surface area contributed by atoms with E-state index in [0.29, 0.717) is 11.4 Å². The van der Waals surface area contributed by atoms with Crippen molar-refractivity contribution >= 4 is 36.5 Å². The van der Waals surface area contributed by atoms with E-state index in [0.717, 1.165) is 0 Å². The highest BCUT2D eigenvalue weighted by atomic mass is 35.5. The molecule has 1 heterocycles. The molecular formula is C18H24Cl2N3O5P. The minimum absolute atomic E-state index is 0.00759. The minimum atomic E-state index is -3.27. The van der Waals surface area contributed by atoms with E-state index in [1.165, 1.54) is 6.20 Å². The molecule has 2 aromatic rings. The van der Waals surface area contributed by atoms with Crippen LogP contribution < -0.4 is 10.1 Å². The lowest BCUT2D eigenvalue weighted by molar-refractivity contribution is 0.221. The Kier molecular flexibility index (Phi) is 8.55. The number of anilines is 1. The van der Waals surface area contributed by atoms with Crippen LogP contribution in [0.5, 0.6) is 17.5 Å². The summed E-state index contributed by atoms with van der Waals surface area (Å²) in [5.41, 5.74) is 0.963. The summed E-state index contributed by atoms with van der Waals surface area (Å²) in [6.07, 6.45) is 1.22. The molecule has 0 aliphatic heterocycles. The molecule has 1 aromatic heterocycles. The van der Waals surface area contributed by atoms with Crippen LogP contribution >= 0.6 is 30.8 Å². The Balaban J connectivity index is 2.19. The van der Waals surface area contributed by atoms with E-state index in [2.05, 4.69) is 15.3 Å². The van der Waals surface area contributed by atoms with Gasteiger partial charge in [-0.05, 0) is 31.9 Å². The molecule has 0 bridgehead atoms. The third-order valence-electron chi connectivity index (χ3n) is 3.64. The van der Waals surface area contributed by atoms with Crippen molar-refractivity contribution < 1.29 is 23.5 Å². The predicted molar refractivity (Wildman–Crippen MR) is 114 cm³/mol. The van der Waals surface area contributed by atoms with Crippen molar-refractivity contribution in [1.82, 2.24) is 9.97 Å². The first-order valence-electron chi connectivity index (χ1n) is 9.03. The minimum Gasteiger partial charge on any atom is -0.504 e. The quantitative estimate of drug-likeness (QED) is 0.411. The Morgan fingerprint density at radius 3 is 2.28 bits per heavy atom. The number of hydrogen-bond donors (Lipinski definition) is 2. The first-order chi connectivity index (χ1) is 13.7. The second-order valence-electron chi connectivity index (χ2n) is 6.23. The van der Waals surface area contributed by atoms with E-state index >= 15 is 0 Å². The number of hydrogen-bond acceptors (Lipinski definition) is 8. The van der Waals surface area contributed by atoms with Crippen LogP contribution in [0.3, 0.4) is 0 Å². The zero-order valence-corrected chi connectivity index (χ0v) is 19.0. The van der Waals surface area contributed by atoms with Crippen LogP contribution in [0.25, 0.3) is 0 Å². The SMILES string of the molecule is CCOP(=O)(CNc1cc(Cl)c(Oc2ncc(O)c(C(C)C)n2)c(Cl)c1)OCC. The highest BCUT2D eigenvalue weighted by Gasteiger charge is 2.23. The summed E-state index contributed by atoms with van der Waals surface area (Å²) in [5.74, 6) is 0.124. The molecule has 0 saturated carbocycles. The molecule has 0 radical (unpaired) electrons. The standard InChI is InChI=1S/C18H24Cl2N3O5P/c1-5-26-29(25,27-6-2)10-22-12-7-13(19)17(14(20)8-12)28-18-21-9-15(24)16(23-18)11(3)4/h7-9,11,22,24H,5-6,10H2,1-4H3. The summed E-state index contributed by atoms with van der Waals surface area (Å²) in [6, 6.07) is 3.14. The molecule has 0 amide bonds. The number of rotatable bonds is 10. The third kappa shape index (κ3) is 6.46. The lowest BCUT2D eigenvalue weighted by Gasteiger charge is -2.18. The van der Waals surface area contributed by atoms with E-state index in [1.54, 1.807) is 26.0 Å². The molecule has 0 unspecified atom stereocenters. The van der Waals surface area contributed by atoms with E-state index in [4.69, 9.17) is 37.0 Å². The van der Waals surface area contributed by atoms with E-state index in [9.17, 15) is 9.67 Å². The summed E-state index contributed by atoms with van der Waals surface area (Å²) in [5, 5.41) is 13.2. The summed E-state index contributed by atoms with van der Waals surface area (Å²) in [4.78, 5) is 8.14. The van der Waals surface area contributed by atoms with Gasteiger partial charge >= 0.3 is 13.6 Å². The smallest absolute Gasteiger partial charge is 0.349 e. The average Bonchev–Trinajstić information content (AvgIpc) is 2.64. The highest BCUT2D eigenvalue weighted by Crippen LogP contribution is 2.48. The van der Waals surface area contributed by atoms with Gasteiger partial charge in [0.15, 0.2) is 11.5 Å².